The summed E-state index contributed by atoms with van der Waals surface area (Å²) in [6.45, 7) is 2.94. The number of aromatic nitrogens is 1. The van der Waals surface area contributed by atoms with Crippen LogP contribution in [0, 0.1) is 0 Å². The van der Waals surface area contributed by atoms with Crippen LogP contribution in [0.5, 0.6) is 5.75 Å². The second kappa shape index (κ2) is 8.36. The molecule has 0 bridgehead atoms. The Hall–Kier alpha value is -2.05. The third-order valence-electron chi connectivity index (χ3n) is 3.66. The largest absolute Gasteiger partial charge is 0.497 e. The van der Waals surface area contributed by atoms with E-state index in [9.17, 15) is 4.79 Å². The van der Waals surface area contributed by atoms with Gasteiger partial charge in [-0.2, -0.15) is 4.99 Å². The number of thioether (sulfide) groups is 1. The first-order chi connectivity index (χ1) is 12.2. The van der Waals surface area contributed by atoms with Gasteiger partial charge in [0.25, 0.3) is 5.91 Å². The van der Waals surface area contributed by atoms with Crippen molar-refractivity contribution in [2.45, 2.75) is 24.8 Å². The van der Waals surface area contributed by atoms with Gasteiger partial charge >= 0.3 is 0 Å². The number of nitrogens with zero attached hydrogens (tertiary/aromatic N) is 2. The molecule has 0 radical (unpaired) electrons. The molecule has 130 valence electrons. The van der Waals surface area contributed by atoms with E-state index in [1.165, 1.54) is 11.8 Å². The fourth-order valence-corrected chi connectivity index (χ4v) is 4.26. The van der Waals surface area contributed by atoms with Gasteiger partial charge in [0, 0.05) is 17.5 Å². The van der Waals surface area contributed by atoms with E-state index >= 15 is 0 Å². The molecule has 3 rings (SSSR count). The van der Waals surface area contributed by atoms with Gasteiger partial charge in [-0.05, 0) is 30.7 Å². The molecule has 0 saturated carbocycles. The van der Waals surface area contributed by atoms with Crippen molar-refractivity contribution in [2.75, 3.05) is 12.9 Å². The minimum absolute atomic E-state index is 0.114. The summed E-state index contributed by atoms with van der Waals surface area (Å²) in [7, 11) is 1.66. The second-order valence-corrected chi connectivity index (χ2v) is 7.54. The number of benzene rings is 2. The van der Waals surface area contributed by atoms with Gasteiger partial charge in [-0.3, -0.25) is 4.79 Å². The van der Waals surface area contributed by atoms with E-state index in [0.717, 1.165) is 38.6 Å². The summed E-state index contributed by atoms with van der Waals surface area (Å²) in [5, 5.41) is 0. The van der Waals surface area contributed by atoms with E-state index in [-0.39, 0.29) is 5.91 Å². The fourth-order valence-electron chi connectivity index (χ4n) is 2.50. The molecule has 0 spiro atoms. The van der Waals surface area contributed by atoms with Gasteiger partial charge in [-0.1, -0.05) is 36.5 Å². The molecule has 1 heterocycles. The number of ether oxygens (including phenoxy) is 1. The molecule has 1 aromatic heterocycles. The number of rotatable bonds is 6. The summed E-state index contributed by atoms with van der Waals surface area (Å²) in [5.74, 6) is 1.04. The second-order valence-electron chi connectivity index (χ2n) is 5.48. The van der Waals surface area contributed by atoms with Crippen LogP contribution in [0.2, 0.25) is 0 Å². The van der Waals surface area contributed by atoms with E-state index in [1.807, 2.05) is 48.5 Å². The number of aryl methyl sites for hydroxylation is 1. The summed E-state index contributed by atoms with van der Waals surface area (Å²) in [4.78, 5) is 18.5. The minimum Gasteiger partial charge on any atom is -0.497 e. The van der Waals surface area contributed by atoms with Gasteiger partial charge in [-0.25, -0.2) is 0 Å². The van der Waals surface area contributed by atoms with Gasteiger partial charge in [-0.15, -0.1) is 11.8 Å². The molecule has 3 aromatic rings. The first-order valence-corrected chi connectivity index (χ1v) is 9.94. The van der Waals surface area contributed by atoms with E-state index in [2.05, 4.69) is 16.5 Å². The van der Waals surface area contributed by atoms with Crippen LogP contribution in [0.4, 0.5) is 0 Å². The average molecular weight is 373 g/mol. The molecule has 0 aliphatic carbocycles. The topological polar surface area (TPSA) is 43.6 Å². The van der Waals surface area contributed by atoms with Crippen molar-refractivity contribution in [3.8, 4) is 5.75 Å². The quantitative estimate of drug-likeness (QED) is 0.605. The number of methoxy groups -OCH3 is 1. The SMILES string of the molecule is CCCn1c(=NC(=O)CSc2ccccc2)sc2ccc(OC)cc21. The van der Waals surface area contributed by atoms with Gasteiger partial charge in [0.1, 0.15) is 5.75 Å². The number of carbonyl (C=O) groups is 1. The predicted octanol–water partition coefficient (Wildman–Crippen LogP) is 4.34. The Kier molecular flexibility index (Phi) is 5.94. The van der Waals surface area contributed by atoms with E-state index in [4.69, 9.17) is 4.74 Å². The Morgan fingerprint density at radius 1 is 1.24 bits per heavy atom. The number of carbonyl (C=O) groups excluding carboxylic acids is 1. The van der Waals surface area contributed by atoms with Crippen molar-refractivity contribution in [2.24, 2.45) is 4.99 Å². The lowest BCUT2D eigenvalue weighted by Crippen LogP contribution is -2.17. The zero-order valence-corrected chi connectivity index (χ0v) is 15.9. The number of thiazole rings is 1. The van der Waals surface area contributed by atoms with Gasteiger partial charge in [0.2, 0.25) is 0 Å². The third-order valence-corrected chi connectivity index (χ3v) is 5.72. The van der Waals surface area contributed by atoms with E-state index < -0.39 is 0 Å². The van der Waals surface area contributed by atoms with Gasteiger partial charge < -0.3 is 9.30 Å². The lowest BCUT2D eigenvalue weighted by Gasteiger charge is -2.04. The number of fused-ring (bicyclic) bond motifs is 1. The highest BCUT2D eigenvalue weighted by molar-refractivity contribution is 8.00. The first-order valence-electron chi connectivity index (χ1n) is 8.14. The molecule has 25 heavy (non-hydrogen) atoms. The third kappa shape index (κ3) is 4.32. The molecule has 6 heteroatoms. The van der Waals surface area contributed by atoms with Crippen LogP contribution in [-0.2, 0) is 11.3 Å². The van der Waals surface area contributed by atoms with Crippen LogP contribution in [0.15, 0.2) is 58.4 Å². The van der Waals surface area contributed by atoms with Crippen molar-refractivity contribution in [1.82, 2.24) is 4.57 Å². The minimum atomic E-state index is -0.114. The highest BCUT2D eigenvalue weighted by Gasteiger charge is 2.09. The monoisotopic (exact) mass is 372 g/mol. The molecule has 0 N–H and O–H groups in total. The van der Waals surface area contributed by atoms with Crippen LogP contribution in [0.25, 0.3) is 10.2 Å². The highest BCUT2D eigenvalue weighted by Crippen LogP contribution is 2.23. The summed E-state index contributed by atoms with van der Waals surface area (Å²) in [6, 6.07) is 15.9. The van der Waals surface area contributed by atoms with Crippen LogP contribution in [0.1, 0.15) is 13.3 Å². The normalized spacial score (nSPS) is 11.8. The predicted molar refractivity (Wildman–Crippen MR) is 104 cm³/mol. The average Bonchev–Trinajstić information content (AvgIpc) is 2.97. The molecule has 0 aliphatic rings. The standard InChI is InChI=1S/C19H20N2O2S2/c1-3-11-21-16-12-14(23-2)9-10-17(16)25-19(21)20-18(22)13-24-15-7-5-4-6-8-15/h4-10,12H,3,11,13H2,1-2H3. The van der Waals surface area contributed by atoms with E-state index in [1.54, 1.807) is 18.4 Å². The van der Waals surface area contributed by atoms with Crippen molar-refractivity contribution in [3.63, 3.8) is 0 Å². The molecule has 0 saturated heterocycles. The Bertz CT molecular complexity index is 929. The number of hydrogen-bond donors (Lipinski definition) is 0. The fraction of sp³-hybridized carbons (Fsp3) is 0.263. The maximum absolute atomic E-state index is 12.3. The summed E-state index contributed by atoms with van der Waals surface area (Å²) in [6.07, 6.45) is 0.975. The van der Waals surface area contributed by atoms with E-state index in [0.29, 0.717) is 5.75 Å². The molecular weight excluding hydrogens is 352 g/mol. The Balaban J connectivity index is 1.89. The van der Waals surface area contributed by atoms with Crippen LogP contribution < -0.4 is 9.54 Å². The Morgan fingerprint density at radius 3 is 2.76 bits per heavy atom. The zero-order chi connectivity index (χ0) is 17.6. The zero-order valence-electron chi connectivity index (χ0n) is 14.3. The highest BCUT2D eigenvalue weighted by atomic mass is 32.2. The van der Waals surface area contributed by atoms with Gasteiger partial charge in [0.15, 0.2) is 4.80 Å². The van der Waals surface area contributed by atoms with Crippen LogP contribution in [0.3, 0.4) is 0 Å². The molecule has 0 fully saturated rings. The maximum Gasteiger partial charge on any atom is 0.258 e. The molecule has 0 atom stereocenters. The van der Waals surface area contributed by atoms with Crippen LogP contribution in [-0.4, -0.2) is 23.3 Å². The van der Waals surface area contributed by atoms with Gasteiger partial charge in [0.05, 0.1) is 23.1 Å². The van der Waals surface area contributed by atoms with Crippen molar-refractivity contribution < 1.29 is 9.53 Å². The van der Waals surface area contributed by atoms with Crippen molar-refractivity contribution >= 4 is 39.2 Å². The smallest absolute Gasteiger partial charge is 0.258 e. The molecule has 0 unspecified atom stereocenters. The summed E-state index contributed by atoms with van der Waals surface area (Å²) < 4.78 is 8.54. The molecule has 0 aliphatic heterocycles. The van der Waals surface area contributed by atoms with Crippen LogP contribution >= 0.6 is 23.1 Å². The first kappa shape index (κ1) is 17.8. The molecule has 4 nitrogen and oxygen atoms in total. The van der Waals surface area contributed by atoms with Crippen molar-refractivity contribution in [1.29, 1.82) is 0 Å². The summed E-state index contributed by atoms with van der Waals surface area (Å²) in [5.41, 5.74) is 1.06. The molecule has 1 amide bonds. The Labute approximate surface area is 155 Å². The molecule has 2 aromatic carbocycles. The lowest BCUT2D eigenvalue weighted by atomic mass is 10.3. The number of hydrogen-bond acceptors (Lipinski definition) is 4. The summed E-state index contributed by atoms with van der Waals surface area (Å²) >= 11 is 3.06. The Morgan fingerprint density at radius 2 is 2.04 bits per heavy atom. The van der Waals surface area contributed by atoms with Crippen molar-refractivity contribution in [3.05, 3.63) is 53.3 Å². The maximum atomic E-state index is 12.3. The number of amides is 1. The molecular formula is C19H20N2O2S2. The lowest BCUT2D eigenvalue weighted by molar-refractivity contribution is -0.115.